The Hall–Kier alpha value is -2.07. The van der Waals surface area contributed by atoms with Gasteiger partial charge >= 0.3 is 0 Å². The average molecular weight is 298 g/mol. The van der Waals surface area contributed by atoms with Crippen molar-refractivity contribution in [2.24, 2.45) is 0 Å². The van der Waals surface area contributed by atoms with Gasteiger partial charge in [-0.05, 0) is 48.2 Å². The highest BCUT2D eigenvalue weighted by atomic mass is 19.1. The van der Waals surface area contributed by atoms with Crippen molar-refractivity contribution >= 4 is 11.4 Å². The fraction of sp³-hybridized carbons (Fsp3) is 0.333. The van der Waals surface area contributed by atoms with Gasteiger partial charge in [-0.3, -0.25) is 0 Å². The lowest BCUT2D eigenvalue weighted by Gasteiger charge is -2.22. The third-order valence-electron chi connectivity index (χ3n) is 4.42. The highest BCUT2D eigenvalue weighted by molar-refractivity contribution is 5.81. The van der Waals surface area contributed by atoms with E-state index in [0.717, 1.165) is 49.5 Å². The summed E-state index contributed by atoms with van der Waals surface area (Å²) in [4.78, 5) is 2.33. The lowest BCUT2D eigenvalue weighted by Crippen LogP contribution is -2.31. The highest BCUT2D eigenvalue weighted by Crippen LogP contribution is 2.36. The van der Waals surface area contributed by atoms with Crippen LogP contribution < -0.4 is 10.2 Å². The van der Waals surface area contributed by atoms with E-state index in [1.807, 2.05) is 12.1 Å². The molecule has 114 valence electrons. The van der Waals surface area contributed by atoms with Crippen LogP contribution in [-0.2, 0) is 4.74 Å². The largest absolute Gasteiger partial charge is 0.376 e. The van der Waals surface area contributed by atoms with Crippen LogP contribution >= 0.6 is 0 Å². The summed E-state index contributed by atoms with van der Waals surface area (Å²) in [5.74, 6) is -0.202. The first kappa shape index (κ1) is 13.6. The van der Waals surface area contributed by atoms with Crippen LogP contribution in [0.25, 0.3) is 11.1 Å². The maximum absolute atomic E-state index is 13.1. The van der Waals surface area contributed by atoms with Gasteiger partial charge in [-0.15, -0.1) is 0 Å². The Morgan fingerprint density at radius 3 is 2.73 bits per heavy atom. The third kappa shape index (κ3) is 2.55. The number of hydrogen-bond donors (Lipinski definition) is 1. The fourth-order valence-electron chi connectivity index (χ4n) is 3.23. The van der Waals surface area contributed by atoms with Crippen molar-refractivity contribution in [2.75, 3.05) is 30.0 Å². The summed E-state index contributed by atoms with van der Waals surface area (Å²) in [6.45, 7) is 2.63. The number of benzene rings is 2. The van der Waals surface area contributed by atoms with Crippen molar-refractivity contribution in [3.63, 3.8) is 0 Å². The summed E-state index contributed by atoms with van der Waals surface area (Å²) >= 11 is 0. The molecule has 1 saturated heterocycles. The highest BCUT2D eigenvalue weighted by Gasteiger charge is 2.24. The predicted molar refractivity (Wildman–Crippen MR) is 86.6 cm³/mol. The van der Waals surface area contributed by atoms with Crippen LogP contribution in [0.5, 0.6) is 0 Å². The molecule has 0 radical (unpaired) electrons. The number of hydrogen-bond acceptors (Lipinski definition) is 3. The number of nitrogens with one attached hydrogen (secondary N) is 1. The van der Waals surface area contributed by atoms with Gasteiger partial charge in [0, 0.05) is 13.2 Å². The maximum Gasteiger partial charge on any atom is 0.123 e. The van der Waals surface area contributed by atoms with Crippen LogP contribution in [0.2, 0.25) is 0 Å². The first-order valence-electron chi connectivity index (χ1n) is 7.80. The normalized spacial score (nSPS) is 20.0. The molecular formula is C18H19FN2O. The van der Waals surface area contributed by atoms with E-state index >= 15 is 0 Å². The molecule has 0 spiro atoms. The quantitative estimate of drug-likeness (QED) is 0.931. The number of halogens is 1. The molecule has 1 atom stereocenters. The molecular weight excluding hydrogens is 279 g/mol. The SMILES string of the molecule is Fc1ccc(-c2ccc3c(c2)N(CC2CCCO2)CN3)cc1. The zero-order chi connectivity index (χ0) is 14.9. The van der Waals surface area contributed by atoms with E-state index in [9.17, 15) is 4.39 Å². The molecule has 0 aromatic heterocycles. The van der Waals surface area contributed by atoms with Crippen molar-refractivity contribution in [2.45, 2.75) is 18.9 Å². The second kappa shape index (κ2) is 5.61. The number of fused-ring (bicyclic) bond motifs is 1. The number of ether oxygens (including phenoxy) is 1. The summed E-state index contributed by atoms with van der Waals surface area (Å²) in [6, 6.07) is 13.0. The van der Waals surface area contributed by atoms with E-state index in [2.05, 4.69) is 28.4 Å². The second-order valence-electron chi connectivity index (χ2n) is 5.93. The average Bonchev–Trinajstić information content (AvgIpc) is 3.18. The van der Waals surface area contributed by atoms with Crippen LogP contribution in [0.1, 0.15) is 12.8 Å². The van der Waals surface area contributed by atoms with E-state index < -0.39 is 0 Å². The zero-order valence-electron chi connectivity index (χ0n) is 12.4. The summed E-state index contributed by atoms with van der Waals surface area (Å²) in [6.07, 6.45) is 2.64. The first-order chi connectivity index (χ1) is 10.8. The molecule has 1 unspecified atom stereocenters. The fourth-order valence-corrected chi connectivity index (χ4v) is 3.23. The standard InChI is InChI=1S/C18H19FN2O/c19-15-6-3-13(4-7-15)14-5-8-17-18(10-14)21(12-20-17)11-16-2-1-9-22-16/h3-8,10,16,20H,1-2,9,11-12H2. The predicted octanol–water partition coefficient (Wildman–Crippen LogP) is 3.86. The lowest BCUT2D eigenvalue weighted by atomic mass is 10.0. The van der Waals surface area contributed by atoms with Crippen LogP contribution in [0.3, 0.4) is 0 Å². The third-order valence-corrected chi connectivity index (χ3v) is 4.42. The summed E-state index contributed by atoms with van der Waals surface area (Å²) in [7, 11) is 0. The summed E-state index contributed by atoms with van der Waals surface area (Å²) in [5, 5.41) is 3.42. The lowest BCUT2D eigenvalue weighted by molar-refractivity contribution is 0.116. The van der Waals surface area contributed by atoms with Gasteiger partial charge in [0.2, 0.25) is 0 Å². The minimum atomic E-state index is -0.202. The van der Waals surface area contributed by atoms with Gasteiger partial charge in [0.05, 0.1) is 24.1 Å². The van der Waals surface area contributed by atoms with Crippen LogP contribution in [0, 0.1) is 5.82 Å². The van der Waals surface area contributed by atoms with Gasteiger partial charge in [-0.25, -0.2) is 4.39 Å². The van der Waals surface area contributed by atoms with E-state index in [4.69, 9.17) is 4.74 Å². The Bertz CT molecular complexity index is 665. The molecule has 0 saturated carbocycles. The number of nitrogens with zero attached hydrogens (tertiary/aromatic N) is 1. The first-order valence-corrected chi connectivity index (χ1v) is 7.80. The number of anilines is 2. The molecule has 0 aliphatic carbocycles. The molecule has 3 nitrogen and oxygen atoms in total. The molecule has 0 amide bonds. The molecule has 2 aromatic rings. The Labute approximate surface area is 129 Å². The van der Waals surface area contributed by atoms with Crippen molar-refractivity contribution in [1.29, 1.82) is 0 Å². The molecule has 2 aliphatic rings. The van der Waals surface area contributed by atoms with Gasteiger partial charge in [0.15, 0.2) is 0 Å². The topological polar surface area (TPSA) is 24.5 Å². The van der Waals surface area contributed by atoms with Crippen molar-refractivity contribution < 1.29 is 9.13 Å². The van der Waals surface area contributed by atoms with Crippen LogP contribution in [-0.4, -0.2) is 25.9 Å². The molecule has 2 aliphatic heterocycles. The van der Waals surface area contributed by atoms with Gasteiger partial charge in [0.25, 0.3) is 0 Å². The van der Waals surface area contributed by atoms with E-state index in [-0.39, 0.29) is 5.82 Å². The molecule has 1 fully saturated rings. The van der Waals surface area contributed by atoms with E-state index in [0.29, 0.717) is 6.10 Å². The van der Waals surface area contributed by atoms with Crippen LogP contribution in [0.15, 0.2) is 42.5 Å². The molecule has 1 N–H and O–H groups in total. The van der Waals surface area contributed by atoms with Gasteiger partial charge in [-0.1, -0.05) is 18.2 Å². The van der Waals surface area contributed by atoms with Crippen molar-refractivity contribution in [1.82, 2.24) is 0 Å². The molecule has 22 heavy (non-hydrogen) atoms. The van der Waals surface area contributed by atoms with Crippen molar-refractivity contribution in [3.05, 3.63) is 48.3 Å². The minimum absolute atomic E-state index is 0.202. The van der Waals surface area contributed by atoms with E-state index in [1.54, 1.807) is 0 Å². The molecule has 2 heterocycles. The van der Waals surface area contributed by atoms with E-state index in [1.165, 1.54) is 17.8 Å². The van der Waals surface area contributed by atoms with Crippen LogP contribution in [0.4, 0.5) is 15.8 Å². The molecule has 0 bridgehead atoms. The Balaban J connectivity index is 1.60. The van der Waals surface area contributed by atoms with Gasteiger partial charge in [0.1, 0.15) is 5.82 Å². The van der Waals surface area contributed by atoms with Gasteiger partial charge < -0.3 is 15.0 Å². The summed E-state index contributed by atoms with van der Waals surface area (Å²) < 4.78 is 18.8. The second-order valence-corrected chi connectivity index (χ2v) is 5.93. The molecule has 2 aromatic carbocycles. The summed E-state index contributed by atoms with van der Waals surface area (Å²) in [5.41, 5.74) is 4.51. The Morgan fingerprint density at radius 2 is 1.95 bits per heavy atom. The minimum Gasteiger partial charge on any atom is -0.376 e. The maximum atomic E-state index is 13.1. The monoisotopic (exact) mass is 298 g/mol. The smallest absolute Gasteiger partial charge is 0.123 e. The van der Waals surface area contributed by atoms with Gasteiger partial charge in [-0.2, -0.15) is 0 Å². The Kier molecular flexibility index (Phi) is 3.47. The molecule has 4 heteroatoms. The number of rotatable bonds is 3. The van der Waals surface area contributed by atoms with Crippen molar-refractivity contribution in [3.8, 4) is 11.1 Å². The zero-order valence-corrected chi connectivity index (χ0v) is 12.4. The Morgan fingerprint density at radius 1 is 1.14 bits per heavy atom. The molecule has 4 rings (SSSR count).